The monoisotopic (exact) mass is 345 g/mol. The smallest absolute Gasteiger partial charge is 0.315 e. The Kier molecular flexibility index (Phi) is 5.40. The highest BCUT2D eigenvalue weighted by molar-refractivity contribution is 8.00. The van der Waals surface area contributed by atoms with Crippen molar-refractivity contribution in [3.63, 3.8) is 0 Å². The Hall–Kier alpha value is -2.02. The molecule has 1 aliphatic heterocycles. The second kappa shape index (κ2) is 7.70. The Morgan fingerprint density at radius 1 is 1.42 bits per heavy atom. The fourth-order valence-electron chi connectivity index (χ4n) is 2.89. The van der Waals surface area contributed by atoms with Crippen LogP contribution in [-0.2, 0) is 6.54 Å². The highest BCUT2D eigenvalue weighted by Gasteiger charge is 2.30. The number of carbonyl (C=O) groups excluding carboxylic acids is 1. The molecule has 2 atom stereocenters. The molecule has 0 radical (unpaired) electrons. The first-order chi connectivity index (χ1) is 11.6. The average molecular weight is 345 g/mol. The molecule has 2 aromatic rings. The van der Waals surface area contributed by atoms with Crippen LogP contribution >= 0.6 is 11.8 Å². The summed E-state index contributed by atoms with van der Waals surface area (Å²) in [7, 11) is 0. The van der Waals surface area contributed by atoms with Gasteiger partial charge in [-0.25, -0.2) is 9.78 Å². The SMILES string of the molecule is CC1(CNC(=O)NC(Cn2cncn2)c2ccccc2)CCCS1. The van der Waals surface area contributed by atoms with Gasteiger partial charge in [0.1, 0.15) is 12.7 Å². The Morgan fingerprint density at radius 2 is 2.25 bits per heavy atom. The molecule has 1 aromatic carbocycles. The van der Waals surface area contributed by atoms with Crippen LogP contribution in [0.25, 0.3) is 0 Å². The molecule has 7 heteroatoms. The maximum Gasteiger partial charge on any atom is 0.315 e. The van der Waals surface area contributed by atoms with Crippen LogP contribution in [0.1, 0.15) is 31.4 Å². The Labute approximate surface area is 146 Å². The lowest BCUT2D eigenvalue weighted by Crippen LogP contribution is -2.44. The maximum absolute atomic E-state index is 12.4. The predicted octanol–water partition coefficient (Wildman–Crippen LogP) is 2.60. The van der Waals surface area contributed by atoms with Gasteiger partial charge in [-0.15, -0.1) is 0 Å². The van der Waals surface area contributed by atoms with E-state index in [1.165, 1.54) is 18.5 Å². The largest absolute Gasteiger partial charge is 0.337 e. The van der Waals surface area contributed by atoms with Gasteiger partial charge in [0.25, 0.3) is 0 Å². The minimum atomic E-state index is -0.156. The zero-order valence-electron chi connectivity index (χ0n) is 13.8. The van der Waals surface area contributed by atoms with E-state index in [1.54, 1.807) is 11.0 Å². The van der Waals surface area contributed by atoms with Crippen LogP contribution in [0.4, 0.5) is 4.79 Å². The van der Waals surface area contributed by atoms with Gasteiger partial charge in [-0.3, -0.25) is 4.68 Å². The highest BCUT2D eigenvalue weighted by atomic mass is 32.2. The van der Waals surface area contributed by atoms with Crippen LogP contribution in [0.5, 0.6) is 0 Å². The van der Waals surface area contributed by atoms with E-state index < -0.39 is 0 Å². The van der Waals surface area contributed by atoms with Gasteiger partial charge in [0, 0.05) is 11.3 Å². The van der Waals surface area contributed by atoms with Gasteiger partial charge < -0.3 is 10.6 Å². The van der Waals surface area contributed by atoms with Crippen LogP contribution in [0, 0.1) is 0 Å². The second-order valence-corrected chi connectivity index (χ2v) is 7.99. The van der Waals surface area contributed by atoms with Crippen LogP contribution < -0.4 is 10.6 Å². The van der Waals surface area contributed by atoms with Gasteiger partial charge in [-0.2, -0.15) is 16.9 Å². The highest BCUT2D eigenvalue weighted by Crippen LogP contribution is 2.36. The molecule has 128 valence electrons. The predicted molar refractivity (Wildman–Crippen MR) is 95.8 cm³/mol. The quantitative estimate of drug-likeness (QED) is 0.844. The molecule has 0 spiro atoms. The molecule has 0 bridgehead atoms. The van der Waals surface area contributed by atoms with E-state index in [-0.39, 0.29) is 16.8 Å². The number of carbonyl (C=O) groups is 1. The Bertz CT molecular complexity index is 640. The van der Waals surface area contributed by atoms with E-state index in [9.17, 15) is 4.79 Å². The number of nitrogens with one attached hydrogen (secondary N) is 2. The van der Waals surface area contributed by atoms with Crippen molar-refractivity contribution in [3.05, 3.63) is 48.5 Å². The molecule has 2 unspecified atom stereocenters. The van der Waals surface area contributed by atoms with E-state index >= 15 is 0 Å². The number of nitrogens with zero attached hydrogens (tertiary/aromatic N) is 3. The van der Waals surface area contributed by atoms with Crippen molar-refractivity contribution in [3.8, 4) is 0 Å². The molecule has 3 rings (SSSR count). The number of aromatic nitrogens is 3. The molecule has 1 aliphatic rings. The summed E-state index contributed by atoms with van der Waals surface area (Å²) in [5.41, 5.74) is 1.05. The molecule has 1 fully saturated rings. The minimum Gasteiger partial charge on any atom is -0.337 e. The summed E-state index contributed by atoms with van der Waals surface area (Å²) < 4.78 is 1.89. The number of benzene rings is 1. The fourth-order valence-corrected chi connectivity index (χ4v) is 4.13. The lowest BCUT2D eigenvalue weighted by Gasteiger charge is -2.25. The van der Waals surface area contributed by atoms with Crippen LogP contribution in [0.2, 0.25) is 0 Å². The topological polar surface area (TPSA) is 71.8 Å². The van der Waals surface area contributed by atoms with Gasteiger partial charge in [0.05, 0.1) is 12.6 Å². The van der Waals surface area contributed by atoms with Crippen molar-refractivity contribution >= 4 is 17.8 Å². The zero-order chi connectivity index (χ0) is 16.8. The molecule has 2 N–H and O–H groups in total. The molecule has 6 nitrogen and oxygen atoms in total. The first kappa shape index (κ1) is 16.8. The summed E-state index contributed by atoms with van der Waals surface area (Å²) >= 11 is 1.94. The summed E-state index contributed by atoms with van der Waals surface area (Å²) in [6.07, 6.45) is 5.54. The number of urea groups is 1. The summed E-state index contributed by atoms with van der Waals surface area (Å²) in [6.45, 7) is 3.45. The lowest BCUT2D eigenvalue weighted by atomic mass is 10.1. The van der Waals surface area contributed by atoms with Gasteiger partial charge in [0.15, 0.2) is 0 Å². The first-order valence-electron chi connectivity index (χ1n) is 8.20. The van der Waals surface area contributed by atoms with Crippen molar-refractivity contribution in [1.29, 1.82) is 0 Å². The lowest BCUT2D eigenvalue weighted by molar-refractivity contribution is 0.234. The molecule has 0 aliphatic carbocycles. The van der Waals surface area contributed by atoms with Crippen molar-refractivity contribution in [2.24, 2.45) is 0 Å². The standard InChI is InChI=1S/C17H23N5OS/c1-17(8-5-9-24-17)11-19-16(23)21-15(10-22-13-18-12-20-22)14-6-3-2-4-7-14/h2-4,6-7,12-13,15H,5,8-11H2,1H3,(H2,19,21,23). The fraction of sp³-hybridized carbons (Fsp3) is 0.471. The second-order valence-electron chi connectivity index (χ2n) is 6.31. The normalized spacial score (nSPS) is 21.4. The summed E-state index contributed by atoms with van der Waals surface area (Å²) in [4.78, 5) is 16.3. The molecule has 1 saturated heterocycles. The minimum absolute atomic E-state index is 0.141. The molecule has 1 aromatic heterocycles. The maximum atomic E-state index is 12.4. The Morgan fingerprint density at radius 3 is 2.92 bits per heavy atom. The number of hydrogen-bond donors (Lipinski definition) is 2. The first-order valence-corrected chi connectivity index (χ1v) is 9.19. The number of rotatable bonds is 6. The molecule has 2 amide bonds. The van der Waals surface area contributed by atoms with Crippen LogP contribution in [0.15, 0.2) is 43.0 Å². The average Bonchev–Trinajstić information content (AvgIpc) is 3.26. The van der Waals surface area contributed by atoms with Crippen molar-refractivity contribution < 1.29 is 4.79 Å². The third kappa shape index (κ3) is 4.50. The number of hydrogen-bond acceptors (Lipinski definition) is 4. The number of amides is 2. The van der Waals surface area contributed by atoms with Gasteiger partial charge in [0.2, 0.25) is 0 Å². The van der Waals surface area contributed by atoms with E-state index in [1.807, 2.05) is 42.1 Å². The van der Waals surface area contributed by atoms with Gasteiger partial charge in [-0.1, -0.05) is 30.3 Å². The molecule has 24 heavy (non-hydrogen) atoms. The summed E-state index contributed by atoms with van der Waals surface area (Å²) in [5.74, 6) is 1.18. The Balaban J connectivity index is 1.61. The van der Waals surface area contributed by atoms with E-state index in [4.69, 9.17) is 0 Å². The zero-order valence-corrected chi connectivity index (χ0v) is 14.6. The molecule has 0 saturated carbocycles. The van der Waals surface area contributed by atoms with Crippen LogP contribution in [-0.4, -0.2) is 37.8 Å². The molecule has 2 heterocycles. The van der Waals surface area contributed by atoms with Crippen molar-refractivity contribution in [2.45, 2.75) is 37.1 Å². The molecular formula is C17H23N5OS. The van der Waals surface area contributed by atoms with Crippen molar-refractivity contribution in [1.82, 2.24) is 25.4 Å². The van der Waals surface area contributed by atoms with Gasteiger partial charge >= 0.3 is 6.03 Å². The molecular weight excluding hydrogens is 322 g/mol. The summed E-state index contributed by atoms with van der Waals surface area (Å²) in [5, 5.41) is 10.2. The van der Waals surface area contributed by atoms with E-state index in [0.717, 1.165) is 12.0 Å². The van der Waals surface area contributed by atoms with E-state index in [0.29, 0.717) is 13.1 Å². The number of thioether (sulfide) groups is 1. The van der Waals surface area contributed by atoms with Crippen molar-refractivity contribution in [2.75, 3.05) is 12.3 Å². The third-order valence-corrected chi connectivity index (χ3v) is 5.81. The third-order valence-electron chi connectivity index (χ3n) is 4.27. The van der Waals surface area contributed by atoms with Gasteiger partial charge in [-0.05, 0) is 31.1 Å². The van der Waals surface area contributed by atoms with E-state index in [2.05, 4.69) is 27.6 Å². The van der Waals surface area contributed by atoms with Crippen LogP contribution in [0.3, 0.4) is 0 Å². The summed E-state index contributed by atoms with van der Waals surface area (Å²) in [6, 6.07) is 9.63.